The summed E-state index contributed by atoms with van der Waals surface area (Å²) < 4.78 is 111. The van der Waals surface area contributed by atoms with Crippen LogP contribution in [-0.4, -0.2) is 74.8 Å². The van der Waals surface area contributed by atoms with Gasteiger partial charge in [-0.2, -0.15) is 0 Å². The van der Waals surface area contributed by atoms with Crippen LogP contribution in [0.1, 0.15) is 99.1 Å². The Morgan fingerprint density at radius 3 is 1.21 bits per heavy atom. The van der Waals surface area contributed by atoms with E-state index in [2.05, 4.69) is 9.97 Å². The zero-order valence-corrected chi connectivity index (χ0v) is 45.8. The Kier molecular flexibility index (Phi) is 14.3. The van der Waals surface area contributed by atoms with Crippen LogP contribution in [-0.2, 0) is 34.8 Å². The van der Waals surface area contributed by atoms with E-state index < -0.39 is 58.2 Å². The molecule has 2 unspecified atom stereocenters. The first-order valence-corrected chi connectivity index (χ1v) is 26.8. The Balaban J connectivity index is 0.000000169. The maximum absolute atomic E-state index is 15.9. The highest BCUT2D eigenvalue weighted by atomic mass is 19.1. The summed E-state index contributed by atoms with van der Waals surface area (Å²) in [4.78, 5) is 18.3. The van der Waals surface area contributed by atoms with Crippen molar-refractivity contribution in [1.29, 1.82) is 0 Å². The zero-order chi connectivity index (χ0) is 56.7. The van der Waals surface area contributed by atoms with Crippen molar-refractivity contribution in [1.82, 2.24) is 38.2 Å². The van der Waals surface area contributed by atoms with Gasteiger partial charge in [-0.1, -0.05) is 0 Å². The molecule has 4 aromatic carbocycles. The van der Waals surface area contributed by atoms with Crippen molar-refractivity contribution in [3.05, 3.63) is 166 Å². The number of aliphatic hydroxyl groups is 2. The summed E-state index contributed by atoms with van der Waals surface area (Å²) in [6.45, 7) is 12.1. The molecule has 2 N–H and O–H groups in total. The SMILES string of the molecule is Cc1ncn(C)c1-c1cnc2c3c(F)cc(C(C)(C)O)cc3n(C(c3cc(F)ccc3F)C3CCOCC3)c2c1.Cc1ncn(C)c1-c1cnc2c3c(F)cc(C(C)(C)O)cc3n(C(c3cc(F)ccc3F)C3CCOCC3)c2c1. The molecule has 0 radical (unpaired) electrons. The number of hydrogen-bond acceptors (Lipinski definition) is 8. The number of halogens is 6. The molecule has 8 heterocycles. The first-order chi connectivity index (χ1) is 38.1. The number of fused-ring (bicyclic) bond motifs is 6. The van der Waals surface area contributed by atoms with Crippen LogP contribution in [0.4, 0.5) is 26.3 Å². The maximum atomic E-state index is 15.9. The van der Waals surface area contributed by atoms with E-state index in [-0.39, 0.29) is 33.7 Å². The first-order valence-electron chi connectivity index (χ1n) is 26.8. The standard InChI is InChI=1S/2C31H31F3N4O2/c2*1-17-29(37(4)16-36-17)19-11-26-28(35-15-19)27-24(34)12-20(31(2,3)39)13-25(27)38(26)30(18-7-9-40-10-8-18)22-14-21(32)5-6-23(22)33/h2*5-6,11-16,18,30,39H,7-10H2,1-4H3. The number of rotatable bonds is 10. The molecule has 2 fully saturated rings. The summed E-state index contributed by atoms with van der Waals surface area (Å²) in [7, 11) is 3.77. The number of hydrogen-bond donors (Lipinski definition) is 2. The van der Waals surface area contributed by atoms with E-state index in [0.29, 0.717) is 96.3 Å². The van der Waals surface area contributed by atoms with Crippen molar-refractivity contribution in [3.8, 4) is 22.5 Å². The smallest absolute Gasteiger partial charge is 0.135 e. The lowest BCUT2D eigenvalue weighted by molar-refractivity contribution is 0.0547. The lowest BCUT2D eigenvalue weighted by atomic mass is 9.86. The van der Waals surface area contributed by atoms with Crippen molar-refractivity contribution in [2.45, 2.75) is 90.5 Å². The second-order valence-electron chi connectivity index (χ2n) is 22.4. The first kappa shape index (κ1) is 54.6. The average Bonchev–Trinajstić information content (AvgIpc) is 4.15. The molecule has 0 aliphatic carbocycles. The Hall–Kier alpha value is -7.38. The van der Waals surface area contributed by atoms with Gasteiger partial charge in [0.05, 0.1) is 103 Å². The van der Waals surface area contributed by atoms with Gasteiger partial charge in [-0.3, -0.25) is 9.97 Å². The average molecular weight is 1100 g/mol. The Bertz CT molecular complexity index is 3710. The van der Waals surface area contributed by atoms with Gasteiger partial charge in [-0.25, -0.2) is 36.3 Å². The molecule has 0 spiro atoms. The van der Waals surface area contributed by atoms with E-state index >= 15 is 17.6 Å². The van der Waals surface area contributed by atoms with E-state index in [4.69, 9.17) is 19.4 Å². The third-order valence-corrected chi connectivity index (χ3v) is 16.1. The minimum absolute atomic E-state index is 0.125. The normalized spacial score (nSPS) is 15.8. The van der Waals surface area contributed by atoms with Gasteiger partial charge in [-0.05, 0) is 163 Å². The summed E-state index contributed by atoms with van der Waals surface area (Å²) in [5, 5.41) is 22.2. The van der Waals surface area contributed by atoms with Crippen molar-refractivity contribution in [2.24, 2.45) is 25.9 Å². The minimum atomic E-state index is -1.33. The van der Waals surface area contributed by atoms with Gasteiger partial charge < -0.3 is 38.0 Å². The molecule has 12 nitrogen and oxygen atoms in total. The molecule has 2 saturated heterocycles. The lowest BCUT2D eigenvalue weighted by Crippen LogP contribution is -2.28. The van der Waals surface area contributed by atoms with Crippen molar-refractivity contribution < 1.29 is 46.0 Å². The Morgan fingerprint density at radius 1 is 0.500 bits per heavy atom. The van der Waals surface area contributed by atoms with E-state index in [0.717, 1.165) is 58.2 Å². The Labute approximate surface area is 458 Å². The molecule has 416 valence electrons. The van der Waals surface area contributed by atoms with Crippen molar-refractivity contribution >= 4 is 43.9 Å². The highest BCUT2D eigenvalue weighted by Gasteiger charge is 2.36. The number of benzene rings is 4. The predicted octanol–water partition coefficient (Wildman–Crippen LogP) is 13.1. The number of imidazole rings is 2. The molecule has 2 atom stereocenters. The minimum Gasteiger partial charge on any atom is -0.386 e. The van der Waals surface area contributed by atoms with Crippen LogP contribution in [0.5, 0.6) is 0 Å². The zero-order valence-electron chi connectivity index (χ0n) is 45.8. The second kappa shape index (κ2) is 20.9. The molecule has 0 amide bonds. The molecule has 10 aromatic rings. The molecule has 80 heavy (non-hydrogen) atoms. The molecular weight excluding hydrogens is 1030 g/mol. The van der Waals surface area contributed by atoms with Crippen molar-refractivity contribution in [3.63, 3.8) is 0 Å². The van der Waals surface area contributed by atoms with Gasteiger partial charge in [0, 0.05) is 75.2 Å². The summed E-state index contributed by atoms with van der Waals surface area (Å²) in [5.41, 5.74) is 6.18. The maximum Gasteiger partial charge on any atom is 0.135 e. The van der Waals surface area contributed by atoms with Gasteiger partial charge >= 0.3 is 0 Å². The van der Waals surface area contributed by atoms with Crippen LogP contribution in [0, 0.1) is 60.6 Å². The van der Waals surface area contributed by atoms with Crippen LogP contribution in [0.25, 0.3) is 66.4 Å². The third-order valence-electron chi connectivity index (χ3n) is 16.1. The highest BCUT2D eigenvalue weighted by molar-refractivity contribution is 6.08. The topological polar surface area (TPSA) is 130 Å². The predicted molar refractivity (Wildman–Crippen MR) is 295 cm³/mol. The number of ether oxygens (including phenoxy) is 2. The van der Waals surface area contributed by atoms with Crippen LogP contribution in [0.2, 0.25) is 0 Å². The number of aryl methyl sites for hydroxylation is 4. The lowest BCUT2D eigenvalue weighted by Gasteiger charge is -2.33. The molecular formula is C62H62F6N8O4. The molecule has 18 heteroatoms. The van der Waals surface area contributed by atoms with Crippen LogP contribution in [0.15, 0.2) is 97.8 Å². The van der Waals surface area contributed by atoms with Gasteiger partial charge in [0.2, 0.25) is 0 Å². The van der Waals surface area contributed by atoms with Gasteiger partial charge in [0.1, 0.15) is 34.9 Å². The molecule has 6 aromatic heterocycles. The fourth-order valence-corrected chi connectivity index (χ4v) is 12.2. The van der Waals surface area contributed by atoms with Gasteiger partial charge in [0.15, 0.2) is 0 Å². The Morgan fingerprint density at radius 2 is 0.875 bits per heavy atom. The van der Waals surface area contributed by atoms with Gasteiger partial charge in [0.25, 0.3) is 0 Å². The largest absolute Gasteiger partial charge is 0.386 e. The van der Waals surface area contributed by atoms with Gasteiger partial charge in [-0.15, -0.1) is 0 Å². The number of aromatic nitrogens is 8. The van der Waals surface area contributed by atoms with Crippen LogP contribution >= 0.6 is 0 Å². The number of pyridine rings is 2. The van der Waals surface area contributed by atoms with Crippen LogP contribution < -0.4 is 0 Å². The quantitative estimate of drug-likeness (QED) is 0.130. The van der Waals surface area contributed by atoms with Crippen molar-refractivity contribution in [2.75, 3.05) is 26.4 Å². The monoisotopic (exact) mass is 1100 g/mol. The fourth-order valence-electron chi connectivity index (χ4n) is 12.2. The summed E-state index contributed by atoms with van der Waals surface area (Å²) in [5.74, 6) is -3.53. The number of nitrogens with zero attached hydrogens (tertiary/aromatic N) is 8. The van der Waals surface area contributed by atoms with E-state index in [1.54, 1.807) is 64.9 Å². The molecule has 2 aliphatic rings. The fraction of sp³-hybridized carbons (Fsp3) is 0.355. The molecule has 2 aliphatic heterocycles. The summed E-state index contributed by atoms with van der Waals surface area (Å²) in [6.07, 6.45) is 9.26. The third kappa shape index (κ3) is 9.83. The van der Waals surface area contributed by atoms with E-state index in [1.807, 2.05) is 58.3 Å². The molecule has 0 saturated carbocycles. The molecule has 12 rings (SSSR count). The molecule has 0 bridgehead atoms. The highest BCUT2D eigenvalue weighted by Crippen LogP contribution is 2.46. The summed E-state index contributed by atoms with van der Waals surface area (Å²) >= 11 is 0. The van der Waals surface area contributed by atoms with Crippen LogP contribution in [0.3, 0.4) is 0 Å². The van der Waals surface area contributed by atoms with E-state index in [9.17, 15) is 19.0 Å². The second-order valence-corrected chi connectivity index (χ2v) is 22.4. The summed E-state index contributed by atoms with van der Waals surface area (Å²) in [6, 6.07) is 15.5. The van der Waals surface area contributed by atoms with E-state index in [1.165, 1.54) is 24.3 Å².